The van der Waals surface area contributed by atoms with Crippen LogP contribution in [-0.4, -0.2) is 13.6 Å². The van der Waals surface area contributed by atoms with Gasteiger partial charge in [-0.25, -0.2) is 0 Å². The monoisotopic (exact) mass is 316 g/mol. The van der Waals surface area contributed by atoms with Gasteiger partial charge in [-0.3, -0.25) is 7.91 Å². The summed E-state index contributed by atoms with van der Waals surface area (Å²) in [5.41, 5.74) is 3.83. The lowest BCUT2D eigenvalue weighted by atomic mass is 9.91. The van der Waals surface area contributed by atoms with Gasteiger partial charge in [0.05, 0.1) is 40.7 Å². The van der Waals surface area contributed by atoms with E-state index in [0.29, 0.717) is 5.41 Å². The Balaban J connectivity index is 2.09. The molecular formula is C11H13IN2O. The number of aromatic nitrogens is 1. The summed E-state index contributed by atoms with van der Waals surface area (Å²) in [4.78, 5) is 11.8. The van der Waals surface area contributed by atoms with Gasteiger partial charge in [0.2, 0.25) is 0 Å². The molecule has 0 bridgehead atoms. The fraction of sp³-hybridized carbons (Fsp3) is 0.545. The summed E-state index contributed by atoms with van der Waals surface area (Å²) in [6, 6.07) is 2.09. The Morgan fingerprint density at radius 2 is 2.20 bits per heavy atom. The molecule has 1 amide bonds. The maximum absolute atomic E-state index is 11.8. The SMILES string of the molecule is CC1(C)Cc2cc3c(n2C1)CN(I)C3=O. The number of halogens is 1. The molecule has 0 radical (unpaired) electrons. The average molecular weight is 316 g/mol. The number of carbonyl (C=O) groups excluding carboxylic acids is 1. The van der Waals surface area contributed by atoms with Gasteiger partial charge < -0.3 is 4.57 Å². The van der Waals surface area contributed by atoms with Crippen molar-refractivity contribution >= 4 is 28.8 Å². The van der Waals surface area contributed by atoms with Crippen LogP contribution in [0.25, 0.3) is 0 Å². The van der Waals surface area contributed by atoms with Gasteiger partial charge in [-0.15, -0.1) is 0 Å². The lowest BCUT2D eigenvalue weighted by Gasteiger charge is -2.15. The standard InChI is InChI=1S/C11H13IN2O/c1-11(2)4-7-3-8-9(13(7)6-11)5-14(12)10(8)15/h3H,4-6H2,1-2H3. The highest BCUT2D eigenvalue weighted by Crippen LogP contribution is 2.38. The largest absolute Gasteiger partial charge is 0.346 e. The van der Waals surface area contributed by atoms with Crippen LogP contribution >= 0.6 is 22.9 Å². The highest BCUT2D eigenvalue weighted by Gasteiger charge is 2.37. The highest BCUT2D eigenvalue weighted by atomic mass is 127. The minimum Gasteiger partial charge on any atom is -0.346 e. The topological polar surface area (TPSA) is 25.2 Å². The molecule has 1 aromatic heterocycles. The molecule has 15 heavy (non-hydrogen) atoms. The van der Waals surface area contributed by atoms with E-state index in [1.54, 1.807) is 3.11 Å². The Morgan fingerprint density at radius 1 is 1.47 bits per heavy atom. The normalized spacial score (nSPS) is 22.1. The van der Waals surface area contributed by atoms with E-state index in [-0.39, 0.29) is 5.91 Å². The second-order valence-corrected chi connectivity index (χ2v) is 6.41. The zero-order valence-corrected chi connectivity index (χ0v) is 11.0. The summed E-state index contributed by atoms with van der Waals surface area (Å²) in [5.74, 6) is 0.172. The first-order chi connectivity index (χ1) is 6.98. The molecule has 80 valence electrons. The van der Waals surface area contributed by atoms with Crippen LogP contribution in [0.4, 0.5) is 0 Å². The number of hydrogen-bond donors (Lipinski definition) is 0. The molecule has 0 aromatic carbocycles. The molecule has 0 fully saturated rings. The molecule has 0 saturated heterocycles. The Bertz CT molecular complexity index is 461. The van der Waals surface area contributed by atoms with E-state index < -0.39 is 0 Å². The highest BCUT2D eigenvalue weighted by molar-refractivity contribution is 14.1. The lowest BCUT2D eigenvalue weighted by molar-refractivity contribution is 0.0904. The first-order valence-corrected chi connectivity index (χ1v) is 6.13. The van der Waals surface area contributed by atoms with Crippen LogP contribution in [-0.2, 0) is 19.5 Å². The second-order valence-electron chi connectivity index (χ2n) is 5.25. The predicted octanol–water partition coefficient (Wildman–Crippen LogP) is 2.38. The second kappa shape index (κ2) is 2.78. The minimum absolute atomic E-state index is 0.172. The van der Waals surface area contributed by atoms with Crippen LogP contribution in [0, 0.1) is 5.41 Å². The van der Waals surface area contributed by atoms with Crippen molar-refractivity contribution in [2.75, 3.05) is 0 Å². The third-order valence-corrected chi connectivity index (χ3v) is 4.06. The molecule has 0 unspecified atom stereocenters. The van der Waals surface area contributed by atoms with Crippen LogP contribution < -0.4 is 0 Å². The fourth-order valence-electron chi connectivity index (χ4n) is 2.65. The third kappa shape index (κ3) is 1.26. The lowest BCUT2D eigenvalue weighted by Crippen LogP contribution is -2.13. The first kappa shape index (κ1) is 9.69. The Kier molecular flexibility index (Phi) is 1.80. The van der Waals surface area contributed by atoms with Crippen molar-refractivity contribution < 1.29 is 4.79 Å². The van der Waals surface area contributed by atoms with Crippen LogP contribution in [0.1, 0.15) is 35.6 Å². The summed E-state index contributed by atoms with van der Waals surface area (Å²) in [5, 5.41) is 0. The molecule has 3 nitrogen and oxygen atoms in total. The smallest absolute Gasteiger partial charge is 0.264 e. The van der Waals surface area contributed by atoms with E-state index in [2.05, 4.69) is 47.3 Å². The Morgan fingerprint density at radius 3 is 2.93 bits per heavy atom. The molecular weight excluding hydrogens is 303 g/mol. The van der Waals surface area contributed by atoms with Crippen molar-refractivity contribution in [1.82, 2.24) is 7.68 Å². The summed E-state index contributed by atoms with van der Waals surface area (Å²) >= 11 is 2.09. The van der Waals surface area contributed by atoms with Gasteiger partial charge in [-0.05, 0) is 17.9 Å². The van der Waals surface area contributed by atoms with Gasteiger partial charge in [0.15, 0.2) is 0 Å². The van der Waals surface area contributed by atoms with Gasteiger partial charge in [0.25, 0.3) is 5.91 Å². The van der Waals surface area contributed by atoms with E-state index in [4.69, 9.17) is 0 Å². The quantitative estimate of drug-likeness (QED) is 0.533. The van der Waals surface area contributed by atoms with Crippen LogP contribution in [0.5, 0.6) is 0 Å². The molecule has 1 aromatic rings. The molecule has 0 saturated carbocycles. The first-order valence-electron chi connectivity index (χ1n) is 5.17. The fourth-order valence-corrected chi connectivity index (χ4v) is 3.24. The molecule has 0 atom stereocenters. The van der Waals surface area contributed by atoms with Gasteiger partial charge in [0.1, 0.15) is 0 Å². The molecule has 4 heteroatoms. The number of rotatable bonds is 0. The van der Waals surface area contributed by atoms with Crippen molar-refractivity contribution in [3.05, 3.63) is 23.0 Å². The van der Waals surface area contributed by atoms with Gasteiger partial charge >= 0.3 is 0 Å². The van der Waals surface area contributed by atoms with E-state index in [1.165, 1.54) is 11.4 Å². The summed E-state index contributed by atoms with van der Waals surface area (Å²) in [6.07, 6.45) is 1.09. The summed E-state index contributed by atoms with van der Waals surface area (Å²) < 4.78 is 4.10. The van der Waals surface area contributed by atoms with E-state index in [9.17, 15) is 4.79 Å². The third-order valence-electron chi connectivity index (χ3n) is 3.28. The molecule has 0 aliphatic carbocycles. The van der Waals surface area contributed by atoms with Crippen molar-refractivity contribution in [1.29, 1.82) is 0 Å². The molecule has 0 N–H and O–H groups in total. The van der Waals surface area contributed by atoms with E-state index >= 15 is 0 Å². The summed E-state index contributed by atoms with van der Waals surface area (Å²) in [7, 11) is 0. The number of hydrogen-bond acceptors (Lipinski definition) is 1. The zero-order valence-electron chi connectivity index (χ0n) is 8.88. The summed E-state index contributed by atoms with van der Waals surface area (Å²) in [6.45, 7) is 6.39. The minimum atomic E-state index is 0.172. The van der Waals surface area contributed by atoms with Crippen LogP contribution in [0.15, 0.2) is 6.07 Å². The van der Waals surface area contributed by atoms with Gasteiger partial charge in [-0.2, -0.15) is 0 Å². The number of amides is 1. The van der Waals surface area contributed by atoms with Crippen molar-refractivity contribution in [2.45, 2.75) is 33.4 Å². The molecule has 2 aliphatic heterocycles. The maximum atomic E-state index is 11.8. The van der Waals surface area contributed by atoms with E-state index in [0.717, 1.165) is 25.1 Å². The number of carbonyl (C=O) groups is 1. The van der Waals surface area contributed by atoms with Crippen LogP contribution in [0.3, 0.4) is 0 Å². The zero-order chi connectivity index (χ0) is 10.8. The maximum Gasteiger partial charge on any atom is 0.264 e. The molecule has 3 heterocycles. The van der Waals surface area contributed by atoms with Crippen LogP contribution in [0.2, 0.25) is 0 Å². The van der Waals surface area contributed by atoms with Crippen molar-refractivity contribution in [3.8, 4) is 0 Å². The number of fused-ring (bicyclic) bond motifs is 3. The number of nitrogens with zero attached hydrogens (tertiary/aromatic N) is 2. The van der Waals surface area contributed by atoms with E-state index in [1.807, 2.05) is 0 Å². The van der Waals surface area contributed by atoms with Crippen molar-refractivity contribution in [3.63, 3.8) is 0 Å². The molecule has 3 rings (SSSR count). The molecule has 2 aliphatic rings. The average Bonchev–Trinajstić information content (AvgIpc) is 2.66. The Labute approximate surface area is 103 Å². The Hall–Kier alpha value is -0.520. The predicted molar refractivity (Wildman–Crippen MR) is 65.8 cm³/mol. The van der Waals surface area contributed by atoms with Gasteiger partial charge in [0, 0.05) is 12.2 Å². The molecule has 0 spiro atoms. The van der Waals surface area contributed by atoms with Gasteiger partial charge in [-0.1, -0.05) is 13.8 Å². The van der Waals surface area contributed by atoms with Crippen molar-refractivity contribution in [2.24, 2.45) is 5.41 Å².